The predicted octanol–water partition coefficient (Wildman–Crippen LogP) is 2.08. The van der Waals surface area contributed by atoms with Crippen molar-refractivity contribution in [2.75, 3.05) is 0 Å². The first-order valence-corrected chi connectivity index (χ1v) is 6.29. The SMILES string of the molecule is CCc1cc(CC2(O)CCCC2C)n(C)n1. The largest absolute Gasteiger partial charge is 0.389 e. The standard InChI is InChI=1S/C13H22N2O/c1-4-11-8-12(15(3)14-11)9-13(16)7-5-6-10(13)2/h8,10,16H,4-7,9H2,1-3H3. The van der Waals surface area contributed by atoms with E-state index in [0.717, 1.165) is 43.5 Å². The molecule has 2 atom stereocenters. The van der Waals surface area contributed by atoms with Crippen LogP contribution in [-0.2, 0) is 19.9 Å². The van der Waals surface area contributed by atoms with Crippen LogP contribution in [-0.4, -0.2) is 20.5 Å². The van der Waals surface area contributed by atoms with Crippen LogP contribution >= 0.6 is 0 Å². The summed E-state index contributed by atoms with van der Waals surface area (Å²) in [6.07, 6.45) is 4.94. The molecule has 0 aliphatic heterocycles. The van der Waals surface area contributed by atoms with Gasteiger partial charge in [-0.1, -0.05) is 20.3 Å². The Morgan fingerprint density at radius 3 is 2.88 bits per heavy atom. The fourth-order valence-electron chi connectivity index (χ4n) is 2.72. The highest BCUT2D eigenvalue weighted by atomic mass is 16.3. The molecule has 0 bridgehead atoms. The average molecular weight is 222 g/mol. The van der Waals surface area contributed by atoms with E-state index in [1.165, 1.54) is 0 Å². The molecule has 1 N–H and O–H groups in total. The molecule has 1 aliphatic carbocycles. The number of rotatable bonds is 3. The Morgan fingerprint density at radius 2 is 2.38 bits per heavy atom. The van der Waals surface area contributed by atoms with Crippen LogP contribution in [0.25, 0.3) is 0 Å². The Labute approximate surface area is 97.5 Å². The van der Waals surface area contributed by atoms with Gasteiger partial charge in [0.15, 0.2) is 0 Å². The van der Waals surface area contributed by atoms with E-state index >= 15 is 0 Å². The molecule has 3 nitrogen and oxygen atoms in total. The lowest BCUT2D eigenvalue weighted by atomic mass is 9.87. The molecule has 0 spiro atoms. The molecule has 3 heteroatoms. The number of hydrogen-bond donors (Lipinski definition) is 1. The maximum absolute atomic E-state index is 10.6. The van der Waals surface area contributed by atoms with Gasteiger partial charge in [-0.2, -0.15) is 5.10 Å². The monoisotopic (exact) mass is 222 g/mol. The lowest BCUT2D eigenvalue weighted by molar-refractivity contribution is 0.00796. The molecule has 1 fully saturated rings. The molecule has 1 aromatic rings. The van der Waals surface area contributed by atoms with Crippen LogP contribution in [0.5, 0.6) is 0 Å². The molecule has 90 valence electrons. The molecule has 1 aromatic heterocycles. The minimum atomic E-state index is -0.501. The molecule has 0 saturated heterocycles. The van der Waals surface area contributed by atoms with Crippen LogP contribution in [0, 0.1) is 5.92 Å². The highest BCUT2D eigenvalue weighted by Gasteiger charge is 2.38. The summed E-state index contributed by atoms with van der Waals surface area (Å²) < 4.78 is 1.92. The minimum absolute atomic E-state index is 0.410. The molecule has 0 amide bonds. The van der Waals surface area contributed by atoms with Crippen molar-refractivity contribution in [1.82, 2.24) is 9.78 Å². The lowest BCUT2D eigenvalue weighted by Crippen LogP contribution is -2.34. The summed E-state index contributed by atoms with van der Waals surface area (Å²) in [5.74, 6) is 0.410. The Hall–Kier alpha value is -0.830. The van der Waals surface area contributed by atoms with Crippen molar-refractivity contribution in [3.05, 3.63) is 17.5 Å². The summed E-state index contributed by atoms with van der Waals surface area (Å²) in [6.45, 7) is 4.27. The molecular weight excluding hydrogens is 200 g/mol. The van der Waals surface area contributed by atoms with E-state index < -0.39 is 5.60 Å². The third-order valence-electron chi connectivity index (χ3n) is 4.04. The Balaban J connectivity index is 2.16. The number of hydrogen-bond acceptors (Lipinski definition) is 2. The van der Waals surface area contributed by atoms with Gasteiger partial charge < -0.3 is 5.11 Å². The molecule has 16 heavy (non-hydrogen) atoms. The van der Waals surface area contributed by atoms with Crippen molar-refractivity contribution in [3.8, 4) is 0 Å². The third kappa shape index (κ3) is 2.01. The van der Waals surface area contributed by atoms with Gasteiger partial charge >= 0.3 is 0 Å². The highest BCUT2D eigenvalue weighted by molar-refractivity contribution is 5.14. The van der Waals surface area contributed by atoms with E-state index in [2.05, 4.69) is 25.0 Å². The van der Waals surface area contributed by atoms with E-state index in [-0.39, 0.29) is 0 Å². The highest BCUT2D eigenvalue weighted by Crippen LogP contribution is 2.37. The molecule has 1 heterocycles. The van der Waals surface area contributed by atoms with Gasteiger partial charge in [0.05, 0.1) is 11.3 Å². The smallest absolute Gasteiger partial charge is 0.0728 e. The van der Waals surface area contributed by atoms with E-state index in [1.807, 2.05) is 11.7 Å². The third-order valence-corrected chi connectivity index (χ3v) is 4.04. The zero-order valence-corrected chi connectivity index (χ0v) is 10.5. The fraction of sp³-hybridized carbons (Fsp3) is 0.769. The van der Waals surface area contributed by atoms with Crippen molar-refractivity contribution in [3.63, 3.8) is 0 Å². The molecule has 2 unspecified atom stereocenters. The van der Waals surface area contributed by atoms with Crippen molar-refractivity contribution in [2.45, 2.75) is 51.6 Å². The second-order valence-corrected chi connectivity index (χ2v) is 5.18. The molecule has 0 aromatic carbocycles. The Morgan fingerprint density at radius 1 is 1.62 bits per heavy atom. The van der Waals surface area contributed by atoms with Gasteiger partial charge in [-0.25, -0.2) is 0 Å². The van der Waals surface area contributed by atoms with Gasteiger partial charge in [0.25, 0.3) is 0 Å². The van der Waals surface area contributed by atoms with E-state index in [9.17, 15) is 5.11 Å². The summed E-state index contributed by atoms with van der Waals surface area (Å²) >= 11 is 0. The van der Waals surface area contributed by atoms with Gasteiger partial charge in [-0.3, -0.25) is 4.68 Å². The zero-order chi connectivity index (χ0) is 11.8. The summed E-state index contributed by atoms with van der Waals surface area (Å²) in [4.78, 5) is 0. The summed E-state index contributed by atoms with van der Waals surface area (Å²) in [6, 6.07) is 2.13. The first-order valence-electron chi connectivity index (χ1n) is 6.29. The van der Waals surface area contributed by atoms with Crippen LogP contribution in [0.15, 0.2) is 6.07 Å². The number of aromatic nitrogens is 2. The van der Waals surface area contributed by atoms with Crippen molar-refractivity contribution < 1.29 is 5.11 Å². The van der Waals surface area contributed by atoms with Crippen LogP contribution in [0.3, 0.4) is 0 Å². The normalized spacial score (nSPS) is 29.9. The molecular formula is C13H22N2O. The van der Waals surface area contributed by atoms with E-state index in [1.54, 1.807) is 0 Å². The number of nitrogens with zero attached hydrogens (tertiary/aromatic N) is 2. The van der Waals surface area contributed by atoms with Crippen molar-refractivity contribution in [2.24, 2.45) is 13.0 Å². The van der Waals surface area contributed by atoms with Crippen LogP contribution in [0.4, 0.5) is 0 Å². The molecule has 1 saturated carbocycles. The van der Waals surface area contributed by atoms with Crippen molar-refractivity contribution >= 4 is 0 Å². The first kappa shape index (κ1) is 11.6. The number of aliphatic hydroxyl groups is 1. The zero-order valence-electron chi connectivity index (χ0n) is 10.5. The first-order chi connectivity index (χ1) is 7.55. The second kappa shape index (κ2) is 4.21. The van der Waals surface area contributed by atoms with Gasteiger partial charge in [-0.15, -0.1) is 0 Å². The quantitative estimate of drug-likeness (QED) is 0.850. The van der Waals surface area contributed by atoms with Crippen LogP contribution in [0.2, 0.25) is 0 Å². The molecule has 2 rings (SSSR count). The van der Waals surface area contributed by atoms with Gasteiger partial charge in [0.2, 0.25) is 0 Å². The second-order valence-electron chi connectivity index (χ2n) is 5.18. The Kier molecular flexibility index (Phi) is 3.06. The topological polar surface area (TPSA) is 38.0 Å². The molecule has 1 aliphatic rings. The van der Waals surface area contributed by atoms with Crippen LogP contribution < -0.4 is 0 Å². The van der Waals surface area contributed by atoms with E-state index in [0.29, 0.717) is 5.92 Å². The summed E-state index contributed by atoms with van der Waals surface area (Å²) in [7, 11) is 1.97. The van der Waals surface area contributed by atoms with Crippen LogP contribution in [0.1, 0.15) is 44.5 Å². The minimum Gasteiger partial charge on any atom is -0.389 e. The van der Waals surface area contributed by atoms with Gasteiger partial charge in [-0.05, 0) is 31.2 Å². The van der Waals surface area contributed by atoms with Gasteiger partial charge in [0.1, 0.15) is 0 Å². The lowest BCUT2D eigenvalue weighted by Gasteiger charge is -2.27. The predicted molar refractivity (Wildman–Crippen MR) is 64.3 cm³/mol. The fourth-order valence-corrected chi connectivity index (χ4v) is 2.72. The number of aryl methyl sites for hydroxylation is 2. The summed E-state index contributed by atoms with van der Waals surface area (Å²) in [5.41, 5.74) is 1.78. The summed E-state index contributed by atoms with van der Waals surface area (Å²) in [5, 5.41) is 15.0. The maximum atomic E-state index is 10.6. The van der Waals surface area contributed by atoms with Gasteiger partial charge in [0, 0.05) is 19.2 Å². The average Bonchev–Trinajstić information content (AvgIpc) is 2.74. The Bertz CT molecular complexity index is 372. The van der Waals surface area contributed by atoms with E-state index in [4.69, 9.17) is 0 Å². The van der Waals surface area contributed by atoms with Crippen molar-refractivity contribution in [1.29, 1.82) is 0 Å². The molecule has 0 radical (unpaired) electrons. The maximum Gasteiger partial charge on any atom is 0.0728 e.